The van der Waals surface area contributed by atoms with E-state index in [-0.39, 0.29) is 4.20 Å². The molecule has 2 N–H and O–H groups in total. The van der Waals surface area contributed by atoms with Gasteiger partial charge in [-0.3, -0.25) is 4.79 Å². The fourth-order valence-electron chi connectivity index (χ4n) is 0.432. The summed E-state index contributed by atoms with van der Waals surface area (Å²) in [5.41, 5.74) is 0. The summed E-state index contributed by atoms with van der Waals surface area (Å²) in [6.45, 7) is 1.21. The Balaban J connectivity index is 4.23. The van der Waals surface area contributed by atoms with Crippen LogP contribution in [0.5, 0.6) is 0 Å². The number of carboxylic acids is 1. The molecular weight excluding hydrogens is 186 g/mol. The fraction of sp³-hybridized carbons (Fsp3) is 0.400. The van der Waals surface area contributed by atoms with E-state index in [9.17, 15) is 9.59 Å². The molecule has 0 aliphatic carbocycles. The molecule has 1 amide bonds. The molecule has 0 fully saturated rings. The second-order valence-corrected chi connectivity index (χ2v) is 3.03. The SMILES string of the molecule is CC(=O)NC(C(=O)O)C(=S)S. The van der Waals surface area contributed by atoms with Crippen molar-refractivity contribution in [1.29, 1.82) is 0 Å². The summed E-state index contributed by atoms with van der Waals surface area (Å²) in [5.74, 6) is -1.66. The van der Waals surface area contributed by atoms with Crippen molar-refractivity contribution < 1.29 is 14.7 Å². The number of hydrogen-bond acceptors (Lipinski definition) is 3. The third-order valence-corrected chi connectivity index (χ3v) is 1.34. The highest BCUT2D eigenvalue weighted by molar-refractivity contribution is 8.11. The molecular formula is C5H7NO3S2. The van der Waals surface area contributed by atoms with Crippen molar-refractivity contribution in [2.75, 3.05) is 0 Å². The highest BCUT2D eigenvalue weighted by Crippen LogP contribution is 1.94. The van der Waals surface area contributed by atoms with E-state index in [1.807, 2.05) is 0 Å². The van der Waals surface area contributed by atoms with E-state index in [1.54, 1.807) is 0 Å². The largest absolute Gasteiger partial charge is 0.479 e. The highest BCUT2D eigenvalue weighted by Gasteiger charge is 2.20. The first kappa shape index (κ1) is 10.4. The molecule has 0 aromatic carbocycles. The molecule has 0 spiro atoms. The number of thiol groups is 1. The molecule has 62 valence electrons. The number of thiocarbonyl (C=S) groups is 1. The molecule has 0 aromatic heterocycles. The van der Waals surface area contributed by atoms with E-state index < -0.39 is 17.9 Å². The molecule has 0 saturated carbocycles. The Kier molecular flexibility index (Phi) is 4.06. The van der Waals surface area contributed by atoms with E-state index in [2.05, 4.69) is 30.2 Å². The Bertz CT molecular complexity index is 190. The topological polar surface area (TPSA) is 66.4 Å². The lowest BCUT2D eigenvalue weighted by molar-refractivity contribution is -0.139. The fourth-order valence-corrected chi connectivity index (χ4v) is 0.767. The summed E-state index contributed by atoms with van der Waals surface area (Å²) in [5, 5.41) is 10.6. The first-order valence-electron chi connectivity index (χ1n) is 2.68. The number of amides is 1. The van der Waals surface area contributed by atoms with Gasteiger partial charge in [0, 0.05) is 6.92 Å². The van der Waals surface area contributed by atoms with Gasteiger partial charge in [0.1, 0.15) is 0 Å². The standard InChI is InChI=1S/C5H7NO3S2/c1-2(7)6-3(4(8)9)5(10)11/h3H,1H3,(H,6,7)(H,8,9)(H,10,11). The number of carboxylic acid groups (broad SMARTS) is 1. The van der Waals surface area contributed by atoms with Crippen molar-refractivity contribution >= 4 is 40.9 Å². The predicted octanol–water partition coefficient (Wildman–Crippen LogP) is -0.167. The second-order valence-electron chi connectivity index (χ2n) is 1.81. The Morgan fingerprint density at radius 3 is 2.18 bits per heavy atom. The number of rotatable bonds is 3. The van der Waals surface area contributed by atoms with Crippen molar-refractivity contribution in [3.05, 3.63) is 0 Å². The van der Waals surface area contributed by atoms with Gasteiger partial charge in [-0.15, -0.1) is 12.6 Å². The summed E-state index contributed by atoms with van der Waals surface area (Å²) in [7, 11) is 0. The van der Waals surface area contributed by atoms with Crippen molar-refractivity contribution in [1.82, 2.24) is 5.32 Å². The number of hydrogen-bond donors (Lipinski definition) is 3. The highest BCUT2D eigenvalue weighted by atomic mass is 32.1. The summed E-state index contributed by atoms with van der Waals surface area (Å²) < 4.78 is -0.0623. The molecule has 0 saturated heterocycles. The molecule has 0 heterocycles. The maximum Gasteiger partial charge on any atom is 0.332 e. The molecule has 0 radical (unpaired) electrons. The zero-order valence-electron chi connectivity index (χ0n) is 5.70. The molecule has 0 aromatic rings. The van der Waals surface area contributed by atoms with E-state index in [4.69, 9.17) is 5.11 Å². The van der Waals surface area contributed by atoms with E-state index in [1.165, 1.54) is 6.92 Å². The van der Waals surface area contributed by atoms with Gasteiger partial charge >= 0.3 is 5.97 Å². The molecule has 11 heavy (non-hydrogen) atoms. The Labute approximate surface area is 74.4 Å². The first-order valence-corrected chi connectivity index (χ1v) is 3.53. The van der Waals surface area contributed by atoms with Gasteiger partial charge in [-0.25, -0.2) is 4.79 Å². The minimum atomic E-state index is -1.21. The van der Waals surface area contributed by atoms with Crippen LogP contribution in [0.15, 0.2) is 0 Å². The van der Waals surface area contributed by atoms with Crippen LogP contribution in [0.1, 0.15) is 6.92 Å². The van der Waals surface area contributed by atoms with Gasteiger partial charge in [-0.05, 0) is 0 Å². The summed E-state index contributed by atoms with van der Waals surface area (Å²) >= 11 is 8.12. The Hall–Kier alpha value is -0.620. The molecule has 0 rings (SSSR count). The number of carbonyl (C=O) groups excluding carboxylic acids is 1. The molecule has 1 unspecified atom stereocenters. The minimum Gasteiger partial charge on any atom is -0.479 e. The first-order chi connectivity index (χ1) is 4.95. The zero-order chi connectivity index (χ0) is 9.02. The normalized spacial score (nSPS) is 11.8. The third-order valence-electron chi connectivity index (χ3n) is 0.842. The van der Waals surface area contributed by atoms with E-state index in [0.717, 1.165) is 0 Å². The van der Waals surface area contributed by atoms with Gasteiger partial charge in [0.15, 0.2) is 6.04 Å². The van der Waals surface area contributed by atoms with Gasteiger partial charge in [0.25, 0.3) is 0 Å². The van der Waals surface area contributed by atoms with Crippen LogP contribution in [0.3, 0.4) is 0 Å². The van der Waals surface area contributed by atoms with Crippen molar-refractivity contribution in [3.63, 3.8) is 0 Å². The number of carbonyl (C=O) groups is 2. The molecule has 1 atom stereocenters. The van der Waals surface area contributed by atoms with Crippen LogP contribution in [0.4, 0.5) is 0 Å². The van der Waals surface area contributed by atoms with Crippen LogP contribution in [0, 0.1) is 0 Å². The average molecular weight is 193 g/mol. The number of aliphatic carboxylic acids is 1. The smallest absolute Gasteiger partial charge is 0.332 e. The summed E-state index contributed by atoms with van der Waals surface area (Å²) in [6, 6.07) is -1.18. The van der Waals surface area contributed by atoms with E-state index in [0.29, 0.717) is 0 Å². The summed E-state index contributed by atoms with van der Waals surface area (Å²) in [4.78, 5) is 20.7. The molecule has 6 heteroatoms. The van der Waals surface area contributed by atoms with Gasteiger partial charge in [0.05, 0.1) is 4.20 Å². The Morgan fingerprint density at radius 2 is 2.09 bits per heavy atom. The molecule has 0 bridgehead atoms. The van der Waals surface area contributed by atoms with E-state index >= 15 is 0 Å². The van der Waals surface area contributed by atoms with Crippen molar-refractivity contribution in [3.8, 4) is 0 Å². The molecule has 0 aliphatic rings. The second kappa shape index (κ2) is 4.30. The lowest BCUT2D eigenvalue weighted by Gasteiger charge is -2.09. The lowest BCUT2D eigenvalue weighted by Crippen LogP contribution is -2.43. The van der Waals surface area contributed by atoms with Crippen LogP contribution in [-0.4, -0.2) is 27.2 Å². The lowest BCUT2D eigenvalue weighted by atomic mass is 10.3. The Morgan fingerprint density at radius 1 is 1.64 bits per heavy atom. The maximum atomic E-state index is 10.4. The van der Waals surface area contributed by atoms with Crippen molar-refractivity contribution in [2.24, 2.45) is 0 Å². The van der Waals surface area contributed by atoms with Crippen LogP contribution in [0.25, 0.3) is 0 Å². The van der Waals surface area contributed by atoms with Gasteiger partial charge in [0.2, 0.25) is 5.91 Å². The third kappa shape index (κ3) is 3.94. The van der Waals surface area contributed by atoms with Crippen LogP contribution < -0.4 is 5.32 Å². The average Bonchev–Trinajstić information content (AvgIpc) is 1.81. The molecule has 0 aliphatic heterocycles. The predicted molar refractivity (Wildman–Crippen MR) is 46.8 cm³/mol. The monoisotopic (exact) mass is 193 g/mol. The molecule has 4 nitrogen and oxygen atoms in total. The summed E-state index contributed by atoms with van der Waals surface area (Å²) in [6.07, 6.45) is 0. The minimum absolute atomic E-state index is 0.0623. The quantitative estimate of drug-likeness (QED) is 0.430. The zero-order valence-corrected chi connectivity index (χ0v) is 7.41. The van der Waals surface area contributed by atoms with Crippen molar-refractivity contribution in [2.45, 2.75) is 13.0 Å². The maximum absolute atomic E-state index is 10.4. The number of nitrogens with one attached hydrogen (secondary N) is 1. The van der Waals surface area contributed by atoms with Gasteiger partial charge in [-0.1, -0.05) is 12.2 Å². The van der Waals surface area contributed by atoms with Gasteiger partial charge < -0.3 is 10.4 Å². The van der Waals surface area contributed by atoms with Gasteiger partial charge in [-0.2, -0.15) is 0 Å². The van der Waals surface area contributed by atoms with Crippen LogP contribution in [0.2, 0.25) is 0 Å². The van der Waals surface area contributed by atoms with Crippen LogP contribution >= 0.6 is 24.8 Å². The van der Waals surface area contributed by atoms with Crippen LogP contribution in [-0.2, 0) is 9.59 Å².